The maximum Gasteiger partial charge on any atom is 0.321 e. The highest BCUT2D eigenvalue weighted by Crippen LogP contribution is 2.24. The molecule has 5 nitrogen and oxygen atoms in total. The molecule has 6 heteroatoms. The zero-order chi connectivity index (χ0) is 14.0. The van der Waals surface area contributed by atoms with Crippen molar-refractivity contribution in [2.75, 3.05) is 0 Å². The highest BCUT2D eigenvalue weighted by molar-refractivity contribution is 7.89. The van der Waals surface area contributed by atoms with E-state index in [1.54, 1.807) is 12.1 Å². The second-order valence-electron chi connectivity index (χ2n) is 4.82. The number of hydrogen-bond acceptors (Lipinski definition) is 3. The van der Waals surface area contributed by atoms with Crippen LogP contribution in [0.4, 0.5) is 0 Å². The molecule has 104 valence electrons. The van der Waals surface area contributed by atoms with E-state index in [-0.39, 0.29) is 4.90 Å². The van der Waals surface area contributed by atoms with Crippen LogP contribution in [0.5, 0.6) is 0 Å². The molecule has 1 aliphatic rings. The van der Waals surface area contributed by atoms with Gasteiger partial charge in [-0.05, 0) is 55.9 Å². The zero-order valence-electron chi connectivity index (χ0n) is 10.7. The molecule has 1 atom stereocenters. The van der Waals surface area contributed by atoms with Gasteiger partial charge >= 0.3 is 5.97 Å². The first-order valence-electron chi connectivity index (χ1n) is 6.27. The summed E-state index contributed by atoms with van der Waals surface area (Å²) in [6, 6.07) is 3.89. The van der Waals surface area contributed by atoms with E-state index in [0.29, 0.717) is 0 Å². The SMILES string of the molecule is CC(NS(=O)(=O)c1ccc2c(c1)CCCC2)C(=O)O. The Balaban J connectivity index is 2.28. The number of carboxylic acid groups (broad SMARTS) is 1. The van der Waals surface area contributed by atoms with E-state index in [1.165, 1.54) is 12.5 Å². The lowest BCUT2D eigenvalue weighted by molar-refractivity contribution is -0.138. The van der Waals surface area contributed by atoms with Crippen LogP contribution in [0, 0.1) is 0 Å². The lowest BCUT2D eigenvalue weighted by atomic mass is 9.92. The van der Waals surface area contributed by atoms with Gasteiger partial charge in [0.25, 0.3) is 0 Å². The highest BCUT2D eigenvalue weighted by Gasteiger charge is 2.22. The van der Waals surface area contributed by atoms with Gasteiger partial charge in [0.2, 0.25) is 10.0 Å². The Morgan fingerprint density at radius 3 is 2.53 bits per heavy atom. The monoisotopic (exact) mass is 283 g/mol. The molecule has 0 radical (unpaired) electrons. The summed E-state index contributed by atoms with van der Waals surface area (Å²) in [4.78, 5) is 10.9. The summed E-state index contributed by atoms with van der Waals surface area (Å²) in [5.41, 5.74) is 2.24. The molecule has 2 N–H and O–H groups in total. The van der Waals surface area contributed by atoms with Gasteiger partial charge in [0.1, 0.15) is 6.04 Å². The summed E-state index contributed by atoms with van der Waals surface area (Å²) >= 11 is 0. The minimum atomic E-state index is -3.77. The number of benzene rings is 1. The van der Waals surface area contributed by atoms with E-state index in [2.05, 4.69) is 4.72 Å². The van der Waals surface area contributed by atoms with Gasteiger partial charge < -0.3 is 5.11 Å². The van der Waals surface area contributed by atoms with Gasteiger partial charge in [0, 0.05) is 0 Å². The Morgan fingerprint density at radius 1 is 1.26 bits per heavy atom. The van der Waals surface area contributed by atoms with Crippen molar-refractivity contribution in [2.24, 2.45) is 0 Å². The maximum atomic E-state index is 12.1. The molecule has 1 aromatic carbocycles. The van der Waals surface area contributed by atoms with Crippen LogP contribution in [0.25, 0.3) is 0 Å². The number of sulfonamides is 1. The lowest BCUT2D eigenvalue weighted by Crippen LogP contribution is -2.38. The van der Waals surface area contributed by atoms with Gasteiger partial charge in [-0.2, -0.15) is 4.72 Å². The molecule has 1 aromatic rings. The number of aryl methyl sites for hydroxylation is 2. The van der Waals surface area contributed by atoms with Gasteiger partial charge in [-0.3, -0.25) is 4.79 Å². The second-order valence-corrected chi connectivity index (χ2v) is 6.53. The second kappa shape index (κ2) is 5.30. The molecular weight excluding hydrogens is 266 g/mol. The van der Waals surface area contributed by atoms with Gasteiger partial charge in [-0.25, -0.2) is 8.42 Å². The number of hydrogen-bond donors (Lipinski definition) is 2. The third kappa shape index (κ3) is 3.13. The summed E-state index contributed by atoms with van der Waals surface area (Å²) in [6.07, 6.45) is 4.06. The summed E-state index contributed by atoms with van der Waals surface area (Å²) in [5.74, 6) is -1.19. The smallest absolute Gasteiger partial charge is 0.321 e. The molecule has 2 rings (SSSR count). The van der Waals surface area contributed by atoms with Gasteiger partial charge in [-0.15, -0.1) is 0 Å². The van der Waals surface area contributed by atoms with Crippen molar-refractivity contribution in [3.05, 3.63) is 29.3 Å². The van der Waals surface area contributed by atoms with E-state index in [4.69, 9.17) is 5.11 Å². The van der Waals surface area contributed by atoms with Gasteiger partial charge in [-0.1, -0.05) is 6.07 Å². The predicted octanol–water partition coefficient (Wildman–Crippen LogP) is 1.32. The lowest BCUT2D eigenvalue weighted by Gasteiger charge is -2.17. The summed E-state index contributed by atoms with van der Waals surface area (Å²) in [7, 11) is -3.77. The van der Waals surface area contributed by atoms with E-state index >= 15 is 0 Å². The fourth-order valence-corrected chi connectivity index (χ4v) is 3.48. The van der Waals surface area contributed by atoms with E-state index < -0.39 is 22.0 Å². The number of nitrogens with one attached hydrogen (secondary N) is 1. The normalized spacial score (nSPS) is 16.7. The van der Waals surface area contributed by atoms with Crippen LogP contribution in [-0.4, -0.2) is 25.5 Å². The third-order valence-electron chi connectivity index (χ3n) is 3.33. The standard InChI is InChI=1S/C13H17NO4S/c1-9(13(15)16)14-19(17,18)12-7-6-10-4-2-3-5-11(10)8-12/h6-9,14H,2-5H2,1H3,(H,15,16). The molecule has 0 amide bonds. The Bertz CT molecular complexity index is 595. The maximum absolute atomic E-state index is 12.1. The topological polar surface area (TPSA) is 83.5 Å². The minimum absolute atomic E-state index is 0.140. The van der Waals surface area contributed by atoms with Crippen molar-refractivity contribution in [2.45, 2.75) is 43.5 Å². The summed E-state index contributed by atoms with van der Waals surface area (Å²) in [5, 5.41) is 8.76. The average molecular weight is 283 g/mol. The molecule has 1 aliphatic carbocycles. The average Bonchev–Trinajstić information content (AvgIpc) is 2.37. The third-order valence-corrected chi connectivity index (χ3v) is 4.87. The first-order chi connectivity index (χ1) is 8.90. The molecule has 0 heterocycles. The highest BCUT2D eigenvalue weighted by atomic mass is 32.2. The first kappa shape index (κ1) is 14.0. The van der Waals surface area contributed by atoms with Crippen LogP contribution in [0.1, 0.15) is 30.9 Å². The van der Waals surface area contributed by atoms with Crippen LogP contribution >= 0.6 is 0 Å². The van der Waals surface area contributed by atoms with E-state index in [1.807, 2.05) is 6.07 Å². The van der Waals surface area contributed by atoms with Crippen LogP contribution in [-0.2, 0) is 27.7 Å². The van der Waals surface area contributed by atoms with Crippen molar-refractivity contribution in [3.8, 4) is 0 Å². The molecule has 19 heavy (non-hydrogen) atoms. The molecule has 0 aliphatic heterocycles. The first-order valence-corrected chi connectivity index (χ1v) is 7.75. The number of rotatable bonds is 4. The van der Waals surface area contributed by atoms with E-state index in [0.717, 1.165) is 31.2 Å². The van der Waals surface area contributed by atoms with Crippen molar-refractivity contribution < 1.29 is 18.3 Å². The minimum Gasteiger partial charge on any atom is -0.480 e. The van der Waals surface area contributed by atoms with Crippen LogP contribution in [0.15, 0.2) is 23.1 Å². The molecule has 0 spiro atoms. The Kier molecular flexibility index (Phi) is 3.91. The van der Waals surface area contributed by atoms with Crippen molar-refractivity contribution in [3.63, 3.8) is 0 Å². The van der Waals surface area contributed by atoms with Crippen LogP contribution in [0.2, 0.25) is 0 Å². The number of fused-ring (bicyclic) bond motifs is 1. The van der Waals surface area contributed by atoms with Crippen molar-refractivity contribution in [1.82, 2.24) is 4.72 Å². The molecule has 0 aromatic heterocycles. The number of carbonyl (C=O) groups is 1. The molecule has 0 bridgehead atoms. The fraction of sp³-hybridized carbons (Fsp3) is 0.462. The van der Waals surface area contributed by atoms with Crippen molar-refractivity contribution >= 4 is 16.0 Å². The van der Waals surface area contributed by atoms with Crippen LogP contribution in [0.3, 0.4) is 0 Å². The molecular formula is C13H17NO4S. The Morgan fingerprint density at radius 2 is 1.89 bits per heavy atom. The van der Waals surface area contributed by atoms with Crippen molar-refractivity contribution in [1.29, 1.82) is 0 Å². The van der Waals surface area contributed by atoms with E-state index in [9.17, 15) is 13.2 Å². The van der Waals surface area contributed by atoms with Gasteiger partial charge in [0.15, 0.2) is 0 Å². The number of aliphatic carboxylic acids is 1. The molecule has 0 saturated carbocycles. The summed E-state index contributed by atoms with van der Waals surface area (Å²) in [6.45, 7) is 1.30. The predicted molar refractivity (Wildman–Crippen MR) is 70.5 cm³/mol. The molecule has 0 fully saturated rings. The molecule has 1 unspecified atom stereocenters. The molecule has 0 saturated heterocycles. The quantitative estimate of drug-likeness (QED) is 0.873. The Labute approximate surface area is 112 Å². The Hall–Kier alpha value is -1.40. The zero-order valence-corrected chi connectivity index (χ0v) is 11.5. The fourth-order valence-electron chi connectivity index (χ4n) is 2.23. The largest absolute Gasteiger partial charge is 0.480 e. The van der Waals surface area contributed by atoms with Crippen LogP contribution < -0.4 is 4.72 Å². The summed E-state index contributed by atoms with van der Waals surface area (Å²) < 4.78 is 26.3. The van der Waals surface area contributed by atoms with Gasteiger partial charge in [0.05, 0.1) is 4.90 Å². The number of carboxylic acids is 1.